The zero-order valence-electron chi connectivity index (χ0n) is 10.9. The minimum atomic E-state index is -0.738. The summed E-state index contributed by atoms with van der Waals surface area (Å²) in [6, 6.07) is 21.2. The van der Waals surface area contributed by atoms with Gasteiger partial charge in [0.15, 0.2) is 0 Å². The number of halogens is 1. The van der Waals surface area contributed by atoms with Crippen LogP contribution in [0.1, 0.15) is 0 Å². The van der Waals surface area contributed by atoms with E-state index in [0.29, 0.717) is 6.54 Å². The molecule has 19 heavy (non-hydrogen) atoms. The molecular formula is C15H19ClNPRu+2. The van der Waals surface area contributed by atoms with E-state index in [2.05, 4.69) is 70.4 Å². The summed E-state index contributed by atoms with van der Waals surface area (Å²) < 4.78 is 0. The molecule has 0 radical (unpaired) electrons. The van der Waals surface area contributed by atoms with Crippen LogP contribution < -0.4 is 10.6 Å². The van der Waals surface area contributed by atoms with E-state index in [1.54, 1.807) is 0 Å². The van der Waals surface area contributed by atoms with Crippen molar-refractivity contribution in [2.24, 2.45) is 0 Å². The van der Waals surface area contributed by atoms with E-state index in [4.69, 9.17) is 5.73 Å². The monoisotopic (exact) mass is 381 g/mol. The smallest absolute Gasteiger partial charge is 0.0966 e. The molecule has 0 unspecified atom stereocenters. The van der Waals surface area contributed by atoms with Gasteiger partial charge in [0.1, 0.15) is 0 Å². The predicted molar refractivity (Wildman–Crippen MR) is 86.8 cm³/mol. The van der Waals surface area contributed by atoms with Crippen LogP contribution in [0.2, 0.25) is 0 Å². The van der Waals surface area contributed by atoms with E-state index in [0.717, 1.165) is 6.16 Å². The van der Waals surface area contributed by atoms with Crippen molar-refractivity contribution in [3.8, 4) is 0 Å². The van der Waals surface area contributed by atoms with E-state index in [1.807, 2.05) is 17.3 Å². The first kappa shape index (κ1) is 18.7. The minimum Gasteiger partial charge on any atom is -0.674 e. The average Bonchev–Trinajstić information content (AvgIpc) is 2.49. The third-order valence-corrected chi connectivity index (χ3v) is 5.43. The van der Waals surface area contributed by atoms with Crippen LogP contribution in [0.15, 0.2) is 60.7 Å². The molecule has 0 heterocycles. The Hall–Kier alpha value is -0.257. The van der Waals surface area contributed by atoms with Gasteiger partial charge in [0.2, 0.25) is 0 Å². The van der Waals surface area contributed by atoms with Gasteiger partial charge < -0.3 is 13.2 Å². The summed E-state index contributed by atoms with van der Waals surface area (Å²) in [6.45, 7) is 0.512. The Morgan fingerprint density at radius 2 is 1.21 bits per heavy atom. The van der Waals surface area contributed by atoms with Crippen molar-refractivity contribution >= 4 is 28.2 Å². The Morgan fingerprint density at radius 3 is 1.53 bits per heavy atom. The summed E-state index contributed by atoms with van der Waals surface area (Å²) >= 11 is 1.82. The summed E-state index contributed by atoms with van der Waals surface area (Å²) in [6.07, 6.45) is 0.985. The van der Waals surface area contributed by atoms with E-state index in [1.165, 1.54) is 10.6 Å². The SMILES string of the molecule is [CH3-].[Cl][Ru+3].[NH-]CC[PH+](c1ccccc1)c1ccccc1. The van der Waals surface area contributed by atoms with Crippen LogP contribution in [0, 0.1) is 7.43 Å². The van der Waals surface area contributed by atoms with Crippen LogP contribution in [0.5, 0.6) is 0 Å². The molecule has 1 N–H and O–H groups in total. The molecule has 0 aliphatic carbocycles. The number of nitrogens with one attached hydrogen (secondary N) is 1. The van der Waals surface area contributed by atoms with Crippen molar-refractivity contribution < 1.29 is 17.3 Å². The topological polar surface area (TPSA) is 23.8 Å². The van der Waals surface area contributed by atoms with Crippen LogP contribution in [0.3, 0.4) is 0 Å². The van der Waals surface area contributed by atoms with Crippen LogP contribution in [0.4, 0.5) is 0 Å². The van der Waals surface area contributed by atoms with Crippen LogP contribution in [-0.2, 0) is 17.3 Å². The summed E-state index contributed by atoms with van der Waals surface area (Å²) in [4.78, 5) is 0. The molecule has 102 valence electrons. The van der Waals surface area contributed by atoms with Gasteiger partial charge in [-0.1, -0.05) is 36.4 Å². The molecule has 0 atom stereocenters. The molecule has 4 heteroatoms. The van der Waals surface area contributed by atoms with Crippen LogP contribution >= 0.6 is 17.6 Å². The standard InChI is InChI=1S/C14H15NP.CH3.ClH.Ru/c15-11-12-16(13-7-3-1-4-8-13)14-9-5-2-6-10-14;;;/h1-10,15H,11-12H2;1H3;1H;/q2*-1;;+4. The fourth-order valence-electron chi connectivity index (χ4n) is 1.86. The normalized spacial score (nSPS) is 9.21. The van der Waals surface area contributed by atoms with Gasteiger partial charge in [-0.2, -0.15) is 0 Å². The van der Waals surface area contributed by atoms with Gasteiger partial charge in [-0.05, 0) is 24.3 Å². The van der Waals surface area contributed by atoms with Crippen molar-refractivity contribution in [1.82, 2.24) is 0 Å². The van der Waals surface area contributed by atoms with Gasteiger partial charge in [0.05, 0.1) is 18.5 Å². The molecule has 0 amide bonds. The molecular weight excluding hydrogens is 362 g/mol. The van der Waals surface area contributed by atoms with E-state index < -0.39 is 7.92 Å². The number of hydrogen-bond donors (Lipinski definition) is 0. The Kier molecular flexibility index (Phi) is 11.4. The van der Waals surface area contributed by atoms with E-state index in [9.17, 15) is 0 Å². The van der Waals surface area contributed by atoms with Gasteiger partial charge in [0.25, 0.3) is 0 Å². The fourth-order valence-corrected chi connectivity index (χ4v) is 4.21. The third-order valence-electron chi connectivity index (χ3n) is 2.62. The molecule has 0 spiro atoms. The fraction of sp³-hybridized carbons (Fsp3) is 0.133. The Labute approximate surface area is 132 Å². The van der Waals surface area contributed by atoms with Crippen LogP contribution in [0.25, 0.3) is 5.73 Å². The first-order valence-electron chi connectivity index (χ1n) is 5.66. The maximum absolute atomic E-state index is 7.46. The van der Waals surface area contributed by atoms with Gasteiger partial charge >= 0.3 is 27.0 Å². The molecule has 0 saturated carbocycles. The van der Waals surface area contributed by atoms with Gasteiger partial charge in [-0.15, -0.1) is 6.54 Å². The van der Waals surface area contributed by atoms with Crippen molar-refractivity contribution in [2.45, 2.75) is 0 Å². The Balaban J connectivity index is 0.00000103. The maximum Gasteiger partial charge on any atom is 0.0966 e. The first-order valence-corrected chi connectivity index (χ1v) is 9.61. The number of rotatable bonds is 4. The zero-order valence-corrected chi connectivity index (χ0v) is 14.4. The molecule has 2 aromatic carbocycles. The molecule has 2 rings (SSSR count). The van der Waals surface area contributed by atoms with Crippen molar-refractivity contribution in [3.63, 3.8) is 0 Å². The quantitative estimate of drug-likeness (QED) is 0.434. The molecule has 0 fully saturated rings. The number of hydrogen-bond acceptors (Lipinski definition) is 0. The van der Waals surface area contributed by atoms with Gasteiger partial charge in [0, 0.05) is 6.16 Å². The molecule has 1 nitrogen and oxygen atoms in total. The minimum absolute atomic E-state index is 0. The van der Waals surface area contributed by atoms with Gasteiger partial charge in [-0.3, -0.25) is 0 Å². The van der Waals surface area contributed by atoms with Crippen LogP contribution in [-0.4, -0.2) is 12.7 Å². The molecule has 0 bridgehead atoms. The first-order chi connectivity index (χ1) is 8.92. The predicted octanol–water partition coefficient (Wildman–Crippen LogP) is 4.04. The summed E-state index contributed by atoms with van der Waals surface area (Å²) in [5.41, 5.74) is 7.46. The molecule has 0 aromatic heterocycles. The second-order valence-electron chi connectivity index (χ2n) is 3.71. The van der Waals surface area contributed by atoms with Crippen molar-refractivity contribution in [2.75, 3.05) is 12.7 Å². The second-order valence-corrected chi connectivity index (χ2v) is 6.32. The Morgan fingerprint density at radius 1 is 0.842 bits per heavy atom. The van der Waals surface area contributed by atoms with Crippen molar-refractivity contribution in [3.05, 3.63) is 73.8 Å². The van der Waals surface area contributed by atoms with E-state index in [-0.39, 0.29) is 7.43 Å². The third kappa shape index (κ3) is 6.15. The Bertz CT molecular complexity index is 385. The maximum atomic E-state index is 7.46. The number of benzene rings is 2. The molecule has 0 aliphatic heterocycles. The zero-order chi connectivity index (χ0) is 13.2. The molecule has 0 aliphatic rings. The second kappa shape index (κ2) is 11.6. The summed E-state index contributed by atoms with van der Waals surface area (Å²) in [5.74, 6) is 0. The molecule has 2 aromatic rings. The largest absolute Gasteiger partial charge is 0.674 e. The summed E-state index contributed by atoms with van der Waals surface area (Å²) in [5, 5.41) is 2.82. The molecule has 0 saturated heterocycles. The average molecular weight is 381 g/mol. The van der Waals surface area contributed by atoms with Gasteiger partial charge in [-0.25, -0.2) is 0 Å². The summed E-state index contributed by atoms with van der Waals surface area (Å²) in [7, 11) is 3.83. The van der Waals surface area contributed by atoms with E-state index >= 15 is 0 Å². The van der Waals surface area contributed by atoms with Crippen molar-refractivity contribution in [1.29, 1.82) is 0 Å².